The van der Waals surface area contributed by atoms with E-state index in [9.17, 15) is 4.79 Å². The number of rotatable bonds is 7. The number of amides is 1. The van der Waals surface area contributed by atoms with E-state index >= 15 is 0 Å². The maximum atomic E-state index is 12.6. The van der Waals surface area contributed by atoms with Gasteiger partial charge in [0, 0.05) is 18.1 Å². The Morgan fingerprint density at radius 1 is 1.25 bits per heavy atom. The fraction of sp³-hybridized carbons (Fsp3) is 0.550. The molecule has 28 heavy (non-hydrogen) atoms. The second kappa shape index (κ2) is 10.2. The molecule has 0 unspecified atom stereocenters. The number of halogens is 1. The molecule has 1 atom stereocenters. The lowest BCUT2D eigenvalue weighted by Crippen LogP contribution is -2.39. The van der Waals surface area contributed by atoms with Crippen LogP contribution in [0.1, 0.15) is 51.3 Å². The molecule has 1 aliphatic rings. The lowest BCUT2D eigenvalue weighted by atomic mass is 10.1. The van der Waals surface area contributed by atoms with Crippen molar-refractivity contribution in [3.8, 4) is 5.75 Å². The molecule has 1 saturated carbocycles. The van der Waals surface area contributed by atoms with Gasteiger partial charge in [-0.3, -0.25) is 4.79 Å². The van der Waals surface area contributed by atoms with Crippen molar-refractivity contribution in [2.45, 2.75) is 68.5 Å². The van der Waals surface area contributed by atoms with E-state index in [4.69, 9.17) is 16.3 Å². The highest BCUT2D eigenvalue weighted by molar-refractivity contribution is 8.00. The molecule has 1 aliphatic carbocycles. The molecule has 152 valence electrons. The minimum atomic E-state index is -0.226. The summed E-state index contributed by atoms with van der Waals surface area (Å²) in [7, 11) is 1.89. The van der Waals surface area contributed by atoms with Crippen molar-refractivity contribution in [2.75, 3.05) is 0 Å². The van der Waals surface area contributed by atoms with Gasteiger partial charge in [0.2, 0.25) is 5.91 Å². The Bertz CT molecular complexity index is 773. The van der Waals surface area contributed by atoms with Crippen LogP contribution in [0.25, 0.3) is 0 Å². The highest BCUT2D eigenvalue weighted by Gasteiger charge is 2.22. The summed E-state index contributed by atoms with van der Waals surface area (Å²) in [5, 5.41) is 12.8. The number of nitrogens with zero attached hydrogens (tertiary/aromatic N) is 3. The third kappa shape index (κ3) is 5.88. The standard InChI is InChI=1S/C20H27ClN4O2S/c1-14(19(26)22-16-7-5-3-4-6-8-16)28-20-24-23-18(25(20)2)13-27-17-11-9-15(21)10-12-17/h9-12,14,16H,3-8,13H2,1-2H3,(H,22,26)/t14-/m0/s1. The molecular weight excluding hydrogens is 396 g/mol. The second-order valence-corrected chi connectivity index (χ2v) is 8.90. The summed E-state index contributed by atoms with van der Waals surface area (Å²) in [6, 6.07) is 7.50. The normalized spacial score (nSPS) is 16.4. The smallest absolute Gasteiger partial charge is 0.233 e. The van der Waals surface area contributed by atoms with Gasteiger partial charge in [-0.05, 0) is 44.0 Å². The SMILES string of the molecule is C[C@H](Sc1nnc(COc2ccc(Cl)cc2)n1C)C(=O)NC1CCCCCC1. The molecule has 0 spiro atoms. The van der Waals surface area contributed by atoms with E-state index in [-0.39, 0.29) is 11.2 Å². The number of nitrogens with one attached hydrogen (secondary N) is 1. The van der Waals surface area contributed by atoms with Crippen LogP contribution in [-0.4, -0.2) is 32.0 Å². The molecule has 0 bridgehead atoms. The molecule has 2 aromatic rings. The highest BCUT2D eigenvalue weighted by Crippen LogP contribution is 2.24. The van der Waals surface area contributed by atoms with Gasteiger partial charge in [-0.1, -0.05) is 49.0 Å². The Kier molecular flexibility index (Phi) is 7.62. The Morgan fingerprint density at radius 3 is 2.61 bits per heavy atom. The van der Waals surface area contributed by atoms with Gasteiger partial charge in [-0.2, -0.15) is 0 Å². The topological polar surface area (TPSA) is 69.0 Å². The molecule has 1 aromatic carbocycles. The van der Waals surface area contributed by atoms with Gasteiger partial charge in [-0.25, -0.2) is 0 Å². The van der Waals surface area contributed by atoms with E-state index < -0.39 is 0 Å². The summed E-state index contributed by atoms with van der Waals surface area (Å²) < 4.78 is 7.61. The molecule has 0 radical (unpaired) electrons. The first-order valence-electron chi connectivity index (χ1n) is 9.76. The second-order valence-electron chi connectivity index (χ2n) is 7.16. The van der Waals surface area contributed by atoms with Crippen molar-refractivity contribution in [1.29, 1.82) is 0 Å². The minimum absolute atomic E-state index is 0.0684. The molecule has 1 aromatic heterocycles. The maximum Gasteiger partial charge on any atom is 0.233 e. The maximum absolute atomic E-state index is 12.6. The monoisotopic (exact) mass is 422 g/mol. The molecule has 1 heterocycles. The summed E-state index contributed by atoms with van der Waals surface area (Å²) in [6.45, 7) is 2.21. The van der Waals surface area contributed by atoms with E-state index in [1.165, 1.54) is 37.4 Å². The minimum Gasteiger partial charge on any atom is -0.486 e. The summed E-state index contributed by atoms with van der Waals surface area (Å²) in [4.78, 5) is 12.6. The fourth-order valence-corrected chi connectivity index (χ4v) is 4.17. The number of carbonyl (C=O) groups is 1. The van der Waals surface area contributed by atoms with Gasteiger partial charge < -0.3 is 14.6 Å². The Hall–Kier alpha value is -1.73. The van der Waals surface area contributed by atoms with Gasteiger partial charge in [0.05, 0.1) is 5.25 Å². The van der Waals surface area contributed by atoms with E-state index in [0.717, 1.165) is 18.6 Å². The van der Waals surface area contributed by atoms with Crippen LogP contribution in [0.4, 0.5) is 0 Å². The van der Waals surface area contributed by atoms with Gasteiger partial charge >= 0.3 is 0 Å². The summed E-state index contributed by atoms with van der Waals surface area (Å²) in [5.74, 6) is 1.49. The largest absolute Gasteiger partial charge is 0.486 e. The predicted octanol–water partition coefficient (Wildman–Crippen LogP) is 4.37. The van der Waals surface area contributed by atoms with Crippen molar-refractivity contribution >= 4 is 29.3 Å². The average Bonchev–Trinajstić information content (AvgIpc) is 2.87. The van der Waals surface area contributed by atoms with Crippen molar-refractivity contribution in [1.82, 2.24) is 20.1 Å². The van der Waals surface area contributed by atoms with Crippen LogP contribution in [0.3, 0.4) is 0 Å². The van der Waals surface area contributed by atoms with Gasteiger partial charge in [0.25, 0.3) is 0 Å². The number of hydrogen-bond donors (Lipinski definition) is 1. The molecule has 1 fully saturated rings. The van der Waals surface area contributed by atoms with Crippen molar-refractivity contribution in [3.63, 3.8) is 0 Å². The lowest BCUT2D eigenvalue weighted by Gasteiger charge is -2.19. The third-order valence-corrected chi connectivity index (χ3v) is 6.35. The molecule has 1 amide bonds. The van der Waals surface area contributed by atoms with Crippen molar-refractivity contribution < 1.29 is 9.53 Å². The Labute approximate surface area is 175 Å². The quantitative estimate of drug-likeness (QED) is 0.530. The molecule has 8 heteroatoms. The molecular formula is C20H27ClN4O2S. The van der Waals surface area contributed by atoms with Crippen LogP contribution in [-0.2, 0) is 18.4 Å². The van der Waals surface area contributed by atoms with Crippen molar-refractivity contribution in [3.05, 3.63) is 35.1 Å². The highest BCUT2D eigenvalue weighted by atomic mass is 35.5. The van der Waals surface area contributed by atoms with Crippen molar-refractivity contribution in [2.24, 2.45) is 7.05 Å². The van der Waals surface area contributed by atoms with Gasteiger partial charge in [0.15, 0.2) is 11.0 Å². The first-order valence-corrected chi connectivity index (χ1v) is 11.0. The summed E-state index contributed by atoms with van der Waals surface area (Å²) >= 11 is 7.30. The van der Waals surface area contributed by atoms with Crippen LogP contribution in [0, 0.1) is 0 Å². The van der Waals surface area contributed by atoms with Crippen LogP contribution in [0.5, 0.6) is 5.75 Å². The summed E-state index contributed by atoms with van der Waals surface area (Å²) in [5.41, 5.74) is 0. The molecule has 3 rings (SSSR count). The fourth-order valence-electron chi connectivity index (χ4n) is 3.21. The number of carbonyl (C=O) groups excluding carboxylic acids is 1. The van der Waals surface area contributed by atoms with Crippen LogP contribution < -0.4 is 10.1 Å². The molecule has 1 N–H and O–H groups in total. The number of hydrogen-bond acceptors (Lipinski definition) is 5. The Balaban J connectivity index is 1.52. The van der Waals surface area contributed by atoms with E-state index in [1.54, 1.807) is 12.1 Å². The average molecular weight is 423 g/mol. The predicted molar refractivity (Wildman–Crippen MR) is 112 cm³/mol. The van der Waals surface area contributed by atoms with E-state index in [1.807, 2.05) is 30.7 Å². The zero-order valence-electron chi connectivity index (χ0n) is 16.4. The van der Waals surface area contributed by atoms with Gasteiger partial charge in [-0.15, -0.1) is 10.2 Å². The van der Waals surface area contributed by atoms with Crippen LogP contribution >= 0.6 is 23.4 Å². The molecule has 6 nitrogen and oxygen atoms in total. The molecule has 0 saturated heterocycles. The molecule has 0 aliphatic heterocycles. The van der Waals surface area contributed by atoms with Crippen LogP contribution in [0.2, 0.25) is 5.02 Å². The first-order chi connectivity index (χ1) is 13.5. The number of thioether (sulfide) groups is 1. The Morgan fingerprint density at radius 2 is 1.93 bits per heavy atom. The number of ether oxygens (including phenoxy) is 1. The number of benzene rings is 1. The van der Waals surface area contributed by atoms with Crippen LogP contribution in [0.15, 0.2) is 29.4 Å². The van der Waals surface area contributed by atoms with E-state index in [2.05, 4.69) is 15.5 Å². The zero-order valence-corrected chi connectivity index (χ0v) is 17.9. The van der Waals surface area contributed by atoms with Gasteiger partial charge in [0.1, 0.15) is 12.4 Å². The summed E-state index contributed by atoms with van der Waals surface area (Å²) in [6.07, 6.45) is 7.12. The lowest BCUT2D eigenvalue weighted by molar-refractivity contribution is -0.121. The van der Waals surface area contributed by atoms with E-state index in [0.29, 0.717) is 28.7 Å². The third-order valence-electron chi connectivity index (χ3n) is 4.96. The first kappa shape index (κ1) is 21.0. The number of aromatic nitrogens is 3. The zero-order chi connectivity index (χ0) is 19.9.